The van der Waals surface area contributed by atoms with Gasteiger partial charge >= 0.3 is 0 Å². The summed E-state index contributed by atoms with van der Waals surface area (Å²) in [6.07, 6.45) is 0. The molecule has 0 atom stereocenters. The van der Waals surface area contributed by atoms with E-state index in [-0.39, 0.29) is 24.6 Å². The first-order chi connectivity index (χ1) is 14.9. The minimum atomic E-state index is -0.481. The number of hydrogen-bond acceptors (Lipinski definition) is 7. The van der Waals surface area contributed by atoms with Crippen LogP contribution in [0.1, 0.15) is 10.4 Å². The maximum absolute atomic E-state index is 12.4. The second-order valence-electron chi connectivity index (χ2n) is 6.20. The number of amides is 3. The Morgan fingerprint density at radius 1 is 0.774 bits per heavy atom. The lowest BCUT2D eigenvalue weighted by molar-refractivity contribution is -0.119. The zero-order valence-corrected chi connectivity index (χ0v) is 17.7. The third-order valence-corrected chi connectivity index (χ3v) is 4.06. The van der Waals surface area contributed by atoms with E-state index in [0.717, 1.165) is 0 Å². The van der Waals surface area contributed by atoms with Gasteiger partial charge in [0.05, 0.1) is 27.9 Å². The van der Waals surface area contributed by atoms with Crippen LogP contribution < -0.4 is 30.2 Å². The number of anilines is 2. The Bertz CT molecular complexity index is 904. The first kappa shape index (κ1) is 23.5. The fourth-order valence-corrected chi connectivity index (χ4v) is 2.65. The Labute approximate surface area is 179 Å². The maximum atomic E-state index is 12.4. The highest BCUT2D eigenvalue weighted by atomic mass is 16.5. The lowest BCUT2D eigenvalue weighted by atomic mass is 10.1. The van der Waals surface area contributed by atoms with Crippen LogP contribution in [-0.2, 0) is 14.3 Å². The molecular formula is C21H25N3O7. The molecule has 0 aliphatic carbocycles. The van der Waals surface area contributed by atoms with Gasteiger partial charge in [0, 0.05) is 24.0 Å². The Balaban J connectivity index is 1.94. The highest BCUT2D eigenvalue weighted by Crippen LogP contribution is 2.38. The van der Waals surface area contributed by atoms with Gasteiger partial charge in [0.1, 0.15) is 6.61 Å². The minimum Gasteiger partial charge on any atom is -0.493 e. The van der Waals surface area contributed by atoms with Crippen molar-refractivity contribution in [2.75, 3.05) is 52.2 Å². The van der Waals surface area contributed by atoms with Crippen LogP contribution in [0.5, 0.6) is 17.2 Å². The lowest BCUT2D eigenvalue weighted by Gasteiger charge is -2.14. The second-order valence-corrected chi connectivity index (χ2v) is 6.20. The molecular weight excluding hydrogens is 406 g/mol. The Kier molecular flexibility index (Phi) is 8.64. The van der Waals surface area contributed by atoms with Gasteiger partial charge in [-0.2, -0.15) is 0 Å². The molecule has 0 spiro atoms. The smallest absolute Gasteiger partial charge is 0.251 e. The van der Waals surface area contributed by atoms with Crippen LogP contribution in [-0.4, -0.2) is 59.3 Å². The van der Waals surface area contributed by atoms with E-state index in [1.807, 2.05) is 0 Å². The van der Waals surface area contributed by atoms with E-state index >= 15 is 0 Å². The Morgan fingerprint density at radius 3 is 1.74 bits per heavy atom. The molecule has 0 aromatic heterocycles. The normalized spacial score (nSPS) is 10.1. The first-order valence-electron chi connectivity index (χ1n) is 9.18. The SMILES string of the molecule is COCC(=O)Nc1ccc(NC(=O)CNC(=O)c2cc(OC)c(OC)c(OC)c2)cc1. The van der Waals surface area contributed by atoms with Gasteiger partial charge in [0.2, 0.25) is 17.6 Å². The minimum absolute atomic E-state index is 0.0515. The number of methoxy groups -OCH3 is 4. The van der Waals surface area contributed by atoms with Gasteiger partial charge in [-0.1, -0.05) is 0 Å². The summed E-state index contributed by atoms with van der Waals surface area (Å²) in [6.45, 7) is -0.300. The summed E-state index contributed by atoms with van der Waals surface area (Å²) < 4.78 is 20.4. The molecule has 3 amide bonds. The second kappa shape index (κ2) is 11.4. The predicted molar refractivity (Wildman–Crippen MR) is 114 cm³/mol. The highest BCUT2D eigenvalue weighted by molar-refractivity contribution is 6.00. The third-order valence-electron chi connectivity index (χ3n) is 4.06. The molecule has 0 unspecified atom stereocenters. The molecule has 0 saturated heterocycles. The topological polar surface area (TPSA) is 124 Å². The molecule has 2 aromatic carbocycles. The van der Waals surface area contributed by atoms with Crippen molar-refractivity contribution in [2.24, 2.45) is 0 Å². The van der Waals surface area contributed by atoms with Crippen molar-refractivity contribution < 1.29 is 33.3 Å². The molecule has 0 radical (unpaired) electrons. The van der Waals surface area contributed by atoms with Crippen molar-refractivity contribution in [3.8, 4) is 17.2 Å². The number of rotatable bonds is 10. The standard InChI is InChI=1S/C21H25N3O7/c1-28-12-19(26)24-15-7-5-14(6-8-15)23-18(25)11-22-21(27)13-9-16(29-2)20(31-4)17(10-13)30-3/h5-10H,11-12H2,1-4H3,(H,22,27)(H,23,25)(H,24,26). The summed E-state index contributed by atoms with van der Waals surface area (Å²) in [5.41, 5.74) is 1.32. The monoisotopic (exact) mass is 431 g/mol. The summed E-state index contributed by atoms with van der Waals surface area (Å²) in [6, 6.07) is 9.51. The molecule has 0 saturated carbocycles. The molecule has 0 heterocycles. The van der Waals surface area contributed by atoms with Crippen LogP contribution in [0, 0.1) is 0 Å². The number of carbonyl (C=O) groups excluding carboxylic acids is 3. The molecule has 3 N–H and O–H groups in total. The van der Waals surface area contributed by atoms with Crippen molar-refractivity contribution in [2.45, 2.75) is 0 Å². The number of nitrogens with one attached hydrogen (secondary N) is 3. The number of benzene rings is 2. The predicted octanol–water partition coefficient (Wildman–Crippen LogP) is 1.67. The van der Waals surface area contributed by atoms with Gasteiger partial charge in [-0.25, -0.2) is 0 Å². The summed E-state index contributed by atoms with van der Waals surface area (Å²) in [5, 5.41) is 7.84. The van der Waals surface area contributed by atoms with Crippen LogP contribution in [0.4, 0.5) is 11.4 Å². The molecule has 2 rings (SSSR count). The number of carbonyl (C=O) groups is 3. The van der Waals surface area contributed by atoms with Crippen molar-refractivity contribution in [1.82, 2.24) is 5.32 Å². The molecule has 166 valence electrons. The molecule has 10 nitrogen and oxygen atoms in total. The fraction of sp³-hybridized carbons (Fsp3) is 0.286. The average molecular weight is 431 g/mol. The average Bonchev–Trinajstić information content (AvgIpc) is 2.77. The van der Waals surface area contributed by atoms with Crippen molar-refractivity contribution >= 4 is 29.1 Å². The summed E-state index contributed by atoms with van der Waals surface area (Å²) >= 11 is 0. The molecule has 31 heavy (non-hydrogen) atoms. The van der Waals surface area contributed by atoms with E-state index in [4.69, 9.17) is 18.9 Å². The van der Waals surface area contributed by atoms with E-state index in [2.05, 4.69) is 16.0 Å². The van der Waals surface area contributed by atoms with Crippen molar-refractivity contribution in [1.29, 1.82) is 0 Å². The van der Waals surface area contributed by atoms with Crippen LogP contribution in [0.3, 0.4) is 0 Å². The van der Waals surface area contributed by atoms with Gasteiger partial charge in [0.15, 0.2) is 11.5 Å². The van der Waals surface area contributed by atoms with Crippen molar-refractivity contribution in [3.63, 3.8) is 0 Å². The van der Waals surface area contributed by atoms with Crippen LogP contribution in [0.15, 0.2) is 36.4 Å². The van der Waals surface area contributed by atoms with Crippen molar-refractivity contribution in [3.05, 3.63) is 42.0 Å². The third kappa shape index (κ3) is 6.61. The van der Waals surface area contributed by atoms with Gasteiger partial charge in [-0.05, 0) is 36.4 Å². The Morgan fingerprint density at radius 2 is 1.29 bits per heavy atom. The Hall–Kier alpha value is -3.79. The molecule has 0 fully saturated rings. The molecule has 10 heteroatoms. The lowest BCUT2D eigenvalue weighted by Crippen LogP contribution is -2.32. The largest absolute Gasteiger partial charge is 0.493 e. The fourth-order valence-electron chi connectivity index (χ4n) is 2.65. The van der Waals surface area contributed by atoms with E-state index in [1.165, 1.54) is 40.6 Å². The number of hydrogen-bond donors (Lipinski definition) is 3. The van der Waals surface area contributed by atoms with Gasteiger partial charge in [0.25, 0.3) is 5.91 Å². The summed E-state index contributed by atoms with van der Waals surface area (Å²) in [4.78, 5) is 36.1. The highest BCUT2D eigenvalue weighted by Gasteiger charge is 2.17. The molecule has 0 aliphatic rings. The zero-order chi connectivity index (χ0) is 22.8. The van der Waals surface area contributed by atoms with Crippen LogP contribution in [0.2, 0.25) is 0 Å². The summed E-state index contributed by atoms with van der Waals surface area (Å²) in [7, 11) is 5.78. The van der Waals surface area contributed by atoms with Gasteiger partial charge < -0.3 is 34.9 Å². The number of ether oxygens (including phenoxy) is 4. The van der Waals surface area contributed by atoms with E-state index < -0.39 is 11.8 Å². The first-order valence-corrected chi connectivity index (χ1v) is 9.18. The van der Waals surface area contributed by atoms with Crippen LogP contribution in [0.25, 0.3) is 0 Å². The van der Waals surface area contributed by atoms with E-state index in [1.54, 1.807) is 24.3 Å². The molecule has 0 bridgehead atoms. The quantitative estimate of drug-likeness (QED) is 0.523. The van der Waals surface area contributed by atoms with E-state index in [9.17, 15) is 14.4 Å². The van der Waals surface area contributed by atoms with E-state index in [0.29, 0.717) is 28.6 Å². The molecule has 0 aliphatic heterocycles. The zero-order valence-electron chi connectivity index (χ0n) is 17.7. The summed E-state index contributed by atoms with van der Waals surface area (Å²) in [5.74, 6) is -0.166. The van der Waals surface area contributed by atoms with Gasteiger partial charge in [-0.3, -0.25) is 14.4 Å². The molecule has 2 aromatic rings. The van der Waals surface area contributed by atoms with Crippen LogP contribution >= 0.6 is 0 Å². The van der Waals surface area contributed by atoms with Gasteiger partial charge in [-0.15, -0.1) is 0 Å². The maximum Gasteiger partial charge on any atom is 0.251 e.